The van der Waals surface area contributed by atoms with E-state index in [1.54, 1.807) is 13.2 Å². The molecule has 3 rings (SSSR count). The van der Waals surface area contributed by atoms with Crippen LogP contribution in [0.25, 0.3) is 11.1 Å². The molecule has 114 valence electrons. The molecule has 0 unspecified atom stereocenters. The number of methoxy groups -OCH3 is 1. The second kappa shape index (κ2) is 6.27. The van der Waals surface area contributed by atoms with E-state index in [-0.39, 0.29) is 0 Å². The van der Waals surface area contributed by atoms with Gasteiger partial charge in [-0.3, -0.25) is 0 Å². The van der Waals surface area contributed by atoms with Crippen molar-refractivity contribution in [2.45, 2.75) is 32.6 Å². The molecule has 0 radical (unpaired) electrons. The summed E-state index contributed by atoms with van der Waals surface area (Å²) in [4.78, 5) is 0. The number of benzene rings is 2. The van der Waals surface area contributed by atoms with Gasteiger partial charge in [-0.1, -0.05) is 25.1 Å². The fourth-order valence-electron chi connectivity index (χ4n) is 3.37. The first-order valence-corrected chi connectivity index (χ1v) is 7.91. The van der Waals surface area contributed by atoms with Crippen LogP contribution in [0, 0.1) is 0 Å². The van der Waals surface area contributed by atoms with Crippen LogP contribution in [-0.4, -0.2) is 12.2 Å². The van der Waals surface area contributed by atoms with E-state index in [1.165, 1.54) is 27.8 Å². The van der Waals surface area contributed by atoms with Gasteiger partial charge in [-0.15, -0.1) is 0 Å². The average Bonchev–Trinajstić information content (AvgIpc) is 2.73. The molecule has 0 spiro atoms. The van der Waals surface area contributed by atoms with Crippen molar-refractivity contribution in [3.63, 3.8) is 0 Å². The number of allylic oxidation sites excluding steroid dienone is 2. The van der Waals surface area contributed by atoms with Crippen molar-refractivity contribution in [2.75, 3.05) is 7.11 Å². The van der Waals surface area contributed by atoms with Gasteiger partial charge in [0.05, 0.1) is 7.11 Å². The predicted octanol–water partition coefficient (Wildman–Crippen LogP) is 5.06. The van der Waals surface area contributed by atoms with Crippen LogP contribution in [0.15, 0.2) is 42.5 Å². The number of hydrogen-bond donors (Lipinski definition) is 1. The summed E-state index contributed by atoms with van der Waals surface area (Å²) in [6, 6.07) is 14.1. The van der Waals surface area contributed by atoms with E-state index >= 15 is 0 Å². The first kappa shape index (κ1) is 14.7. The molecule has 2 nitrogen and oxygen atoms in total. The number of rotatable bonds is 3. The Hall–Kier alpha value is -2.22. The van der Waals surface area contributed by atoms with Gasteiger partial charge in [-0.05, 0) is 77.8 Å². The highest BCUT2D eigenvalue weighted by molar-refractivity contribution is 5.92. The number of aromatic hydroxyl groups is 1. The van der Waals surface area contributed by atoms with Gasteiger partial charge >= 0.3 is 0 Å². The van der Waals surface area contributed by atoms with Gasteiger partial charge in [0, 0.05) is 0 Å². The predicted molar refractivity (Wildman–Crippen MR) is 91.1 cm³/mol. The summed E-state index contributed by atoms with van der Waals surface area (Å²) in [5.74, 6) is 1.25. The monoisotopic (exact) mass is 294 g/mol. The fraction of sp³-hybridized carbons (Fsp3) is 0.300. The molecule has 0 bridgehead atoms. The van der Waals surface area contributed by atoms with Gasteiger partial charge in [0.1, 0.15) is 11.5 Å². The Morgan fingerprint density at radius 3 is 2.50 bits per heavy atom. The molecule has 1 N–H and O–H groups in total. The molecule has 0 aromatic heterocycles. The molecule has 0 amide bonds. The van der Waals surface area contributed by atoms with Crippen LogP contribution in [0.2, 0.25) is 0 Å². The molecule has 0 atom stereocenters. The molecule has 0 fully saturated rings. The maximum Gasteiger partial charge on any atom is 0.118 e. The lowest BCUT2D eigenvalue weighted by Crippen LogP contribution is -1.93. The second-order valence-corrected chi connectivity index (χ2v) is 5.73. The van der Waals surface area contributed by atoms with Crippen LogP contribution in [-0.2, 0) is 6.42 Å². The van der Waals surface area contributed by atoms with Gasteiger partial charge in [-0.25, -0.2) is 0 Å². The van der Waals surface area contributed by atoms with E-state index in [1.807, 2.05) is 18.2 Å². The molecule has 1 aliphatic carbocycles. The van der Waals surface area contributed by atoms with Crippen molar-refractivity contribution in [2.24, 2.45) is 0 Å². The van der Waals surface area contributed by atoms with Gasteiger partial charge in [0.2, 0.25) is 0 Å². The molecule has 0 heterocycles. The Balaban J connectivity index is 2.12. The first-order valence-electron chi connectivity index (χ1n) is 7.91. The lowest BCUT2D eigenvalue weighted by molar-refractivity contribution is 0.415. The van der Waals surface area contributed by atoms with Crippen molar-refractivity contribution < 1.29 is 9.84 Å². The minimum atomic E-state index is 0.363. The average molecular weight is 294 g/mol. The third-order valence-electron chi connectivity index (χ3n) is 4.44. The van der Waals surface area contributed by atoms with Crippen molar-refractivity contribution in [3.05, 3.63) is 59.2 Å². The van der Waals surface area contributed by atoms with E-state index in [9.17, 15) is 5.11 Å². The summed E-state index contributed by atoms with van der Waals surface area (Å²) in [5, 5.41) is 9.75. The Kier molecular flexibility index (Phi) is 4.19. The Labute approximate surface area is 132 Å². The van der Waals surface area contributed by atoms with Crippen LogP contribution >= 0.6 is 0 Å². The summed E-state index contributed by atoms with van der Waals surface area (Å²) in [7, 11) is 1.69. The van der Waals surface area contributed by atoms with E-state index in [4.69, 9.17) is 4.74 Å². The molecule has 1 aliphatic rings. The lowest BCUT2D eigenvalue weighted by atomic mass is 9.91. The smallest absolute Gasteiger partial charge is 0.118 e. The SMILES string of the molecule is CCC1=C(c2ccc(OC)cc2)CCCc2cc(O)ccc21. The van der Waals surface area contributed by atoms with E-state index in [2.05, 4.69) is 25.1 Å². The van der Waals surface area contributed by atoms with Crippen LogP contribution in [0.5, 0.6) is 11.5 Å². The van der Waals surface area contributed by atoms with Gasteiger partial charge < -0.3 is 9.84 Å². The second-order valence-electron chi connectivity index (χ2n) is 5.73. The third kappa shape index (κ3) is 2.74. The van der Waals surface area contributed by atoms with Crippen LogP contribution in [0.3, 0.4) is 0 Å². The number of phenolic OH excluding ortho intramolecular Hbond substituents is 1. The normalized spacial score (nSPS) is 14.5. The number of phenols is 1. The largest absolute Gasteiger partial charge is 0.508 e. The highest BCUT2D eigenvalue weighted by Crippen LogP contribution is 2.38. The molecule has 2 heteroatoms. The maximum atomic E-state index is 9.75. The summed E-state index contributed by atoms with van der Waals surface area (Å²) < 4.78 is 5.26. The Morgan fingerprint density at radius 2 is 1.82 bits per heavy atom. The molecule has 2 aromatic carbocycles. The zero-order chi connectivity index (χ0) is 15.5. The van der Waals surface area contributed by atoms with E-state index in [0.717, 1.165) is 31.4 Å². The molecular weight excluding hydrogens is 272 g/mol. The molecule has 22 heavy (non-hydrogen) atoms. The van der Waals surface area contributed by atoms with Crippen molar-refractivity contribution >= 4 is 11.1 Å². The van der Waals surface area contributed by atoms with Crippen LogP contribution in [0.4, 0.5) is 0 Å². The molecular formula is C20H22O2. The highest BCUT2D eigenvalue weighted by Gasteiger charge is 2.17. The lowest BCUT2D eigenvalue weighted by Gasteiger charge is -2.15. The quantitative estimate of drug-likeness (QED) is 0.857. The summed E-state index contributed by atoms with van der Waals surface area (Å²) >= 11 is 0. The highest BCUT2D eigenvalue weighted by atomic mass is 16.5. The van der Waals surface area contributed by atoms with Crippen molar-refractivity contribution in [1.29, 1.82) is 0 Å². The third-order valence-corrected chi connectivity index (χ3v) is 4.44. The van der Waals surface area contributed by atoms with Gasteiger partial charge in [-0.2, -0.15) is 0 Å². The van der Waals surface area contributed by atoms with E-state index < -0.39 is 0 Å². The topological polar surface area (TPSA) is 29.5 Å². The van der Waals surface area contributed by atoms with Crippen LogP contribution < -0.4 is 4.74 Å². The molecule has 0 aliphatic heterocycles. The molecule has 2 aromatic rings. The number of ether oxygens (including phenoxy) is 1. The van der Waals surface area contributed by atoms with Crippen molar-refractivity contribution in [3.8, 4) is 11.5 Å². The summed E-state index contributed by atoms with van der Waals surface area (Å²) in [5.41, 5.74) is 6.66. The summed E-state index contributed by atoms with van der Waals surface area (Å²) in [6.45, 7) is 2.21. The zero-order valence-electron chi connectivity index (χ0n) is 13.2. The number of fused-ring (bicyclic) bond motifs is 1. The number of hydrogen-bond acceptors (Lipinski definition) is 2. The van der Waals surface area contributed by atoms with Crippen molar-refractivity contribution in [1.82, 2.24) is 0 Å². The molecule has 0 saturated heterocycles. The fourth-order valence-corrected chi connectivity index (χ4v) is 3.37. The van der Waals surface area contributed by atoms with Gasteiger partial charge in [0.15, 0.2) is 0 Å². The minimum Gasteiger partial charge on any atom is -0.508 e. The number of aryl methyl sites for hydroxylation is 1. The maximum absolute atomic E-state index is 9.75. The zero-order valence-corrected chi connectivity index (χ0v) is 13.2. The van der Waals surface area contributed by atoms with Gasteiger partial charge in [0.25, 0.3) is 0 Å². The molecule has 0 saturated carbocycles. The van der Waals surface area contributed by atoms with Crippen LogP contribution in [0.1, 0.15) is 42.9 Å². The Bertz CT molecular complexity index is 696. The standard InChI is InChI=1S/C20H22O2/c1-3-18-19(14-7-10-17(22-2)11-8-14)6-4-5-15-13-16(21)9-12-20(15)18/h7-13,21H,3-6H2,1-2H3. The minimum absolute atomic E-state index is 0.363. The first-order chi connectivity index (χ1) is 10.7. The summed E-state index contributed by atoms with van der Waals surface area (Å²) in [6.07, 6.45) is 4.21. The van der Waals surface area contributed by atoms with E-state index in [0.29, 0.717) is 5.75 Å². The Morgan fingerprint density at radius 1 is 1.05 bits per heavy atom.